The lowest BCUT2D eigenvalue weighted by Crippen LogP contribution is -2.68. The third-order valence-corrected chi connectivity index (χ3v) is 3.43. The van der Waals surface area contributed by atoms with E-state index in [1.165, 1.54) is 0 Å². The zero-order chi connectivity index (χ0) is 11.1. The van der Waals surface area contributed by atoms with E-state index in [1.807, 2.05) is 13.8 Å². The summed E-state index contributed by atoms with van der Waals surface area (Å²) in [5.41, 5.74) is -0.572. The van der Waals surface area contributed by atoms with Gasteiger partial charge in [0.2, 0.25) is 0 Å². The number of nitrogens with zero attached hydrogens (tertiary/aromatic N) is 1. The van der Waals surface area contributed by atoms with Gasteiger partial charge < -0.3 is 5.11 Å². The Morgan fingerprint density at radius 3 is 2.00 bits per heavy atom. The number of aliphatic hydroxyl groups is 1. The topological polar surface area (TPSA) is 23.5 Å². The molecule has 0 aromatic rings. The van der Waals surface area contributed by atoms with Gasteiger partial charge in [-0.15, -0.1) is 0 Å². The molecule has 0 aromatic carbocycles. The molecular formula is C12H25NO. The highest BCUT2D eigenvalue weighted by atomic mass is 16.3. The van der Waals surface area contributed by atoms with E-state index in [0.29, 0.717) is 23.9 Å². The van der Waals surface area contributed by atoms with Crippen LogP contribution in [0, 0.1) is 11.8 Å². The Hall–Kier alpha value is -0.0800. The molecule has 2 atom stereocenters. The van der Waals surface area contributed by atoms with E-state index in [-0.39, 0.29) is 0 Å². The van der Waals surface area contributed by atoms with Crippen LogP contribution in [-0.4, -0.2) is 34.2 Å². The fourth-order valence-corrected chi connectivity index (χ4v) is 2.60. The Bertz CT molecular complexity index is 179. The fraction of sp³-hybridized carbons (Fsp3) is 1.00. The molecule has 0 aromatic heterocycles. The first kappa shape index (κ1) is 12.0. The number of likely N-dealkylation sites (tertiary alicyclic amines) is 1. The molecule has 0 radical (unpaired) electrons. The largest absolute Gasteiger partial charge is 0.389 e. The maximum absolute atomic E-state index is 10.1. The van der Waals surface area contributed by atoms with Crippen molar-refractivity contribution in [2.45, 2.75) is 59.2 Å². The highest BCUT2D eigenvalue weighted by molar-refractivity contribution is 5.02. The molecular weight excluding hydrogens is 174 g/mol. The van der Waals surface area contributed by atoms with Gasteiger partial charge in [-0.2, -0.15) is 0 Å². The van der Waals surface area contributed by atoms with Crippen LogP contribution in [0.15, 0.2) is 0 Å². The molecule has 1 aliphatic heterocycles. The third kappa shape index (κ3) is 2.12. The minimum atomic E-state index is -0.572. The van der Waals surface area contributed by atoms with Crippen molar-refractivity contribution in [3.05, 3.63) is 0 Å². The van der Waals surface area contributed by atoms with E-state index in [1.54, 1.807) is 0 Å². The van der Waals surface area contributed by atoms with Crippen LogP contribution in [-0.2, 0) is 0 Å². The Labute approximate surface area is 88.3 Å². The standard InChI is InChI=1S/C12H25NO/c1-8(2)10-7-13(9(3)4)11(10)12(5,6)14/h8-11,14H,7H2,1-6H3. The molecule has 1 saturated heterocycles. The van der Waals surface area contributed by atoms with Gasteiger partial charge in [-0.3, -0.25) is 4.90 Å². The first-order valence-corrected chi connectivity index (χ1v) is 5.73. The molecule has 84 valence electrons. The summed E-state index contributed by atoms with van der Waals surface area (Å²) in [6, 6.07) is 0.879. The van der Waals surface area contributed by atoms with Gasteiger partial charge in [0.25, 0.3) is 0 Å². The van der Waals surface area contributed by atoms with Crippen molar-refractivity contribution in [2.75, 3.05) is 6.54 Å². The molecule has 2 heteroatoms. The van der Waals surface area contributed by atoms with Crippen molar-refractivity contribution in [1.82, 2.24) is 4.90 Å². The van der Waals surface area contributed by atoms with Gasteiger partial charge in [0.1, 0.15) is 0 Å². The summed E-state index contributed by atoms with van der Waals surface area (Å²) in [6.45, 7) is 13.9. The van der Waals surface area contributed by atoms with Gasteiger partial charge in [-0.1, -0.05) is 13.8 Å². The van der Waals surface area contributed by atoms with Crippen LogP contribution < -0.4 is 0 Å². The summed E-state index contributed by atoms with van der Waals surface area (Å²) < 4.78 is 0. The lowest BCUT2D eigenvalue weighted by atomic mass is 9.72. The van der Waals surface area contributed by atoms with Gasteiger partial charge in [0.05, 0.1) is 5.60 Å². The minimum Gasteiger partial charge on any atom is -0.389 e. The minimum absolute atomic E-state index is 0.336. The summed E-state index contributed by atoms with van der Waals surface area (Å²) in [7, 11) is 0. The van der Waals surface area contributed by atoms with E-state index in [2.05, 4.69) is 32.6 Å². The maximum atomic E-state index is 10.1. The van der Waals surface area contributed by atoms with Gasteiger partial charge in [-0.05, 0) is 39.5 Å². The first-order chi connectivity index (χ1) is 6.25. The SMILES string of the molecule is CC(C)C1CN(C(C)C)C1C(C)(C)O. The van der Waals surface area contributed by atoms with E-state index in [0.717, 1.165) is 6.54 Å². The van der Waals surface area contributed by atoms with Crippen molar-refractivity contribution in [3.8, 4) is 0 Å². The van der Waals surface area contributed by atoms with Crippen LogP contribution in [0.4, 0.5) is 0 Å². The van der Waals surface area contributed by atoms with Crippen molar-refractivity contribution in [2.24, 2.45) is 11.8 Å². The molecule has 0 aliphatic carbocycles. The molecule has 1 rings (SSSR count). The summed E-state index contributed by atoms with van der Waals surface area (Å²) in [5.74, 6) is 1.32. The van der Waals surface area contributed by atoms with E-state index in [9.17, 15) is 5.11 Å². The molecule has 2 unspecified atom stereocenters. The van der Waals surface area contributed by atoms with E-state index < -0.39 is 5.60 Å². The molecule has 0 saturated carbocycles. The Morgan fingerprint density at radius 1 is 1.21 bits per heavy atom. The van der Waals surface area contributed by atoms with Crippen LogP contribution in [0.2, 0.25) is 0 Å². The molecule has 1 N–H and O–H groups in total. The molecule has 0 bridgehead atoms. The van der Waals surface area contributed by atoms with Crippen LogP contribution in [0.1, 0.15) is 41.5 Å². The van der Waals surface area contributed by atoms with Gasteiger partial charge >= 0.3 is 0 Å². The van der Waals surface area contributed by atoms with E-state index >= 15 is 0 Å². The number of rotatable bonds is 3. The van der Waals surface area contributed by atoms with Crippen LogP contribution >= 0.6 is 0 Å². The second-order valence-corrected chi connectivity index (χ2v) is 5.80. The summed E-state index contributed by atoms with van der Waals surface area (Å²) in [5, 5.41) is 10.1. The maximum Gasteiger partial charge on any atom is 0.0749 e. The summed E-state index contributed by atoms with van der Waals surface area (Å²) in [4.78, 5) is 2.41. The molecule has 0 spiro atoms. The summed E-state index contributed by atoms with van der Waals surface area (Å²) >= 11 is 0. The third-order valence-electron chi connectivity index (χ3n) is 3.43. The monoisotopic (exact) mass is 199 g/mol. The highest BCUT2D eigenvalue weighted by Gasteiger charge is 2.48. The molecule has 1 fully saturated rings. The molecule has 2 nitrogen and oxygen atoms in total. The highest BCUT2D eigenvalue weighted by Crippen LogP contribution is 2.38. The molecule has 1 aliphatic rings. The van der Waals surface area contributed by atoms with Gasteiger partial charge in [0.15, 0.2) is 0 Å². The fourth-order valence-electron chi connectivity index (χ4n) is 2.60. The Kier molecular flexibility index (Phi) is 3.27. The lowest BCUT2D eigenvalue weighted by Gasteiger charge is -2.57. The Balaban J connectivity index is 2.72. The molecule has 0 amide bonds. The second-order valence-electron chi connectivity index (χ2n) is 5.80. The normalized spacial score (nSPS) is 29.8. The quantitative estimate of drug-likeness (QED) is 0.752. The van der Waals surface area contributed by atoms with Crippen molar-refractivity contribution in [3.63, 3.8) is 0 Å². The summed E-state index contributed by atoms with van der Waals surface area (Å²) in [6.07, 6.45) is 0. The van der Waals surface area contributed by atoms with Crippen LogP contribution in [0.3, 0.4) is 0 Å². The molecule has 1 heterocycles. The van der Waals surface area contributed by atoms with E-state index in [4.69, 9.17) is 0 Å². The predicted molar refractivity (Wildman–Crippen MR) is 60.3 cm³/mol. The smallest absolute Gasteiger partial charge is 0.0749 e. The van der Waals surface area contributed by atoms with Crippen LogP contribution in [0.5, 0.6) is 0 Å². The number of hydrogen-bond acceptors (Lipinski definition) is 2. The zero-order valence-electron chi connectivity index (χ0n) is 10.4. The van der Waals surface area contributed by atoms with Crippen LogP contribution in [0.25, 0.3) is 0 Å². The number of hydrogen-bond donors (Lipinski definition) is 1. The van der Waals surface area contributed by atoms with Gasteiger partial charge in [0, 0.05) is 18.6 Å². The van der Waals surface area contributed by atoms with Crippen molar-refractivity contribution < 1.29 is 5.11 Å². The lowest BCUT2D eigenvalue weighted by molar-refractivity contribution is -0.137. The predicted octanol–water partition coefficient (Wildman–Crippen LogP) is 2.12. The second kappa shape index (κ2) is 3.82. The Morgan fingerprint density at radius 2 is 1.71 bits per heavy atom. The van der Waals surface area contributed by atoms with Crippen molar-refractivity contribution in [1.29, 1.82) is 0 Å². The van der Waals surface area contributed by atoms with Crippen molar-refractivity contribution >= 4 is 0 Å². The average molecular weight is 199 g/mol. The first-order valence-electron chi connectivity index (χ1n) is 5.73. The zero-order valence-corrected chi connectivity index (χ0v) is 10.4. The molecule has 14 heavy (non-hydrogen) atoms. The van der Waals surface area contributed by atoms with Gasteiger partial charge in [-0.25, -0.2) is 0 Å². The average Bonchev–Trinajstić information content (AvgIpc) is 1.76.